The van der Waals surface area contributed by atoms with Gasteiger partial charge in [-0.15, -0.1) is 11.8 Å². The molecular weight excluding hydrogens is 798 g/mol. The molecule has 0 spiro atoms. The molecule has 13 heteroatoms. The lowest BCUT2D eigenvalue weighted by molar-refractivity contribution is -0.384. The van der Waals surface area contributed by atoms with E-state index in [0.717, 1.165) is 72.5 Å². The van der Waals surface area contributed by atoms with Gasteiger partial charge in [0.25, 0.3) is 5.69 Å². The van der Waals surface area contributed by atoms with Gasteiger partial charge in [-0.3, -0.25) is 10.1 Å². The molecule has 4 aromatic carbocycles. The van der Waals surface area contributed by atoms with Gasteiger partial charge in [0.1, 0.15) is 17.0 Å². The molecule has 2 atom stereocenters. The van der Waals surface area contributed by atoms with E-state index >= 15 is 0 Å². The van der Waals surface area contributed by atoms with Crippen molar-refractivity contribution in [1.29, 1.82) is 0 Å². The number of nitrogens with zero attached hydrogens (tertiary/aromatic N) is 5. The molecule has 1 aliphatic carbocycles. The highest BCUT2D eigenvalue weighted by Crippen LogP contribution is 2.37. The van der Waals surface area contributed by atoms with Crippen LogP contribution in [0.2, 0.25) is 5.02 Å². The third-order valence-electron chi connectivity index (χ3n) is 11.0. The monoisotopic (exact) mass is 849 g/mol. The normalized spacial score (nSPS) is 15.4. The van der Waals surface area contributed by atoms with Gasteiger partial charge < -0.3 is 29.1 Å². The minimum atomic E-state index is -1.66. The maximum Gasteiger partial charge on any atom is 0.297 e. The number of nitro benzene ring substituents is 1. The largest absolute Gasteiger partial charge is 0.588 e. The smallest absolute Gasteiger partial charge is 0.297 e. The molecule has 2 heterocycles. The molecule has 308 valence electrons. The number of nitrogens with one attached hydrogen (secondary N) is 2. The number of hydrogen-bond donors (Lipinski definition) is 2. The van der Waals surface area contributed by atoms with Crippen LogP contribution in [0.4, 0.5) is 17.1 Å². The first-order valence-electron chi connectivity index (χ1n) is 20.0. The highest BCUT2D eigenvalue weighted by molar-refractivity contribution is 7.99. The van der Waals surface area contributed by atoms with Crippen LogP contribution in [-0.2, 0) is 18.4 Å². The van der Waals surface area contributed by atoms with E-state index in [0.29, 0.717) is 17.0 Å². The summed E-state index contributed by atoms with van der Waals surface area (Å²) >= 11 is 6.28. The molecule has 2 aliphatic rings. The molecule has 1 aromatic heterocycles. The number of thioether (sulfide) groups is 1. The van der Waals surface area contributed by atoms with Crippen LogP contribution in [0.25, 0.3) is 22.4 Å². The third kappa shape index (κ3) is 10.7. The molecule has 10 nitrogen and oxygen atoms in total. The van der Waals surface area contributed by atoms with Gasteiger partial charge in [-0.25, -0.2) is 4.72 Å². The second-order valence-electron chi connectivity index (χ2n) is 15.4. The molecule has 5 aromatic rings. The van der Waals surface area contributed by atoms with Gasteiger partial charge in [0.15, 0.2) is 4.90 Å². The molecule has 0 saturated carbocycles. The number of aromatic nitrogens is 1. The fraction of sp³-hybridized carbons (Fsp3) is 0.304. The SMILES string of the molecule is Cc1cc(-c2cccc(N3CCN(C4=CC=C(N[S+]([O-])c5ccc(N[C@H](CCN(C)C)CSc6ccccc6)c([N+](=O)[O-])c5)CC4)CC3)c2)c(-c2ccc(Cl)cc2)n1C. The average Bonchev–Trinajstić information content (AvgIpc) is 3.55. The Labute approximate surface area is 360 Å². The lowest BCUT2D eigenvalue weighted by atomic mass is 10.0. The molecule has 0 amide bonds. The highest BCUT2D eigenvalue weighted by Gasteiger charge is 2.26. The standard InChI is InChI=1S/C46H52ClN7O3S2/c1-33-29-43(46(51(33)4)34-13-15-36(47)16-14-34)35-9-8-10-40(30-35)53-27-25-52(26-28-53)39-19-17-37(18-20-39)49-59(57)42-21-22-44(45(31-42)54(55)56)48-38(23-24-50(2)3)32-58-41-11-6-5-7-12-41/h5-17,19,21-22,29-31,38,48-49H,18,20,23-28,32H2,1-4H3/t38-,59?/m1/s1. The lowest BCUT2D eigenvalue weighted by Gasteiger charge is -2.39. The number of rotatable bonds is 16. The highest BCUT2D eigenvalue weighted by atomic mass is 35.5. The van der Waals surface area contributed by atoms with E-state index in [4.69, 9.17) is 11.6 Å². The van der Waals surface area contributed by atoms with Gasteiger partial charge in [-0.2, -0.15) is 0 Å². The van der Waals surface area contributed by atoms with E-state index in [-0.39, 0.29) is 11.7 Å². The molecule has 1 unspecified atom stereocenters. The number of hydrogen-bond acceptors (Lipinski definition) is 9. The van der Waals surface area contributed by atoms with E-state index in [2.05, 4.69) is 104 Å². The van der Waals surface area contributed by atoms with Crippen molar-refractivity contribution in [3.05, 3.63) is 148 Å². The molecule has 7 rings (SSSR count). The first-order chi connectivity index (χ1) is 28.5. The van der Waals surface area contributed by atoms with E-state index in [1.54, 1.807) is 23.9 Å². The van der Waals surface area contributed by atoms with Crippen LogP contribution in [0.15, 0.2) is 136 Å². The number of allylic oxidation sites excluding steroid dienone is 4. The zero-order chi connectivity index (χ0) is 41.5. The second kappa shape index (κ2) is 19.5. The summed E-state index contributed by atoms with van der Waals surface area (Å²) in [6, 6.07) is 34.1. The van der Waals surface area contributed by atoms with Crippen molar-refractivity contribution in [3.63, 3.8) is 0 Å². The summed E-state index contributed by atoms with van der Waals surface area (Å²) in [5.74, 6) is 0.749. The van der Waals surface area contributed by atoms with E-state index in [1.807, 2.05) is 50.5 Å². The Bertz CT molecular complexity index is 2290. The number of benzene rings is 4. The number of aryl methyl sites for hydroxylation is 1. The van der Waals surface area contributed by atoms with Crippen LogP contribution in [0.3, 0.4) is 0 Å². The number of halogens is 1. The van der Waals surface area contributed by atoms with Crippen LogP contribution in [0.1, 0.15) is 25.0 Å². The summed E-state index contributed by atoms with van der Waals surface area (Å²) in [6.45, 7) is 6.60. The van der Waals surface area contributed by atoms with Gasteiger partial charge in [0.05, 0.1) is 22.4 Å². The summed E-state index contributed by atoms with van der Waals surface area (Å²) in [4.78, 5) is 20.4. The van der Waals surface area contributed by atoms with Gasteiger partial charge in [-0.1, -0.05) is 54.1 Å². The van der Waals surface area contributed by atoms with Gasteiger partial charge in [0.2, 0.25) is 0 Å². The average molecular weight is 851 g/mol. The molecule has 0 radical (unpaired) electrons. The molecular formula is C46H52ClN7O3S2. The Balaban J connectivity index is 0.960. The molecule has 0 bridgehead atoms. The Hall–Kier alpha value is -4.85. The van der Waals surface area contributed by atoms with Crippen molar-refractivity contribution in [3.8, 4) is 22.4 Å². The van der Waals surface area contributed by atoms with Gasteiger partial charge >= 0.3 is 0 Å². The zero-order valence-corrected chi connectivity index (χ0v) is 36.5. The van der Waals surface area contributed by atoms with Crippen molar-refractivity contribution in [2.24, 2.45) is 7.05 Å². The zero-order valence-electron chi connectivity index (χ0n) is 34.1. The van der Waals surface area contributed by atoms with Crippen LogP contribution < -0.4 is 14.9 Å². The lowest BCUT2D eigenvalue weighted by Crippen LogP contribution is -2.46. The molecule has 1 saturated heterocycles. The maximum atomic E-state index is 13.5. The van der Waals surface area contributed by atoms with Crippen LogP contribution in [-0.4, -0.2) is 82.5 Å². The van der Waals surface area contributed by atoms with E-state index in [1.165, 1.54) is 40.0 Å². The quantitative estimate of drug-likeness (QED) is 0.0435. The third-order valence-corrected chi connectivity index (χ3v) is 13.6. The predicted molar refractivity (Wildman–Crippen MR) is 246 cm³/mol. The summed E-state index contributed by atoms with van der Waals surface area (Å²) in [5.41, 5.74) is 9.59. The van der Waals surface area contributed by atoms with Crippen molar-refractivity contribution >= 4 is 51.8 Å². The molecule has 59 heavy (non-hydrogen) atoms. The second-order valence-corrected chi connectivity index (χ2v) is 18.1. The van der Waals surface area contributed by atoms with Gasteiger partial charge in [-0.05, 0) is 125 Å². The molecule has 1 fully saturated rings. The summed E-state index contributed by atoms with van der Waals surface area (Å²) < 4.78 is 18.9. The topological polar surface area (TPSA) is 105 Å². The van der Waals surface area contributed by atoms with Crippen LogP contribution in [0, 0.1) is 17.0 Å². The minimum absolute atomic E-state index is 0.00261. The Kier molecular flexibility index (Phi) is 14.0. The number of piperazine rings is 1. The minimum Gasteiger partial charge on any atom is -0.588 e. The Morgan fingerprint density at radius 1 is 0.881 bits per heavy atom. The summed E-state index contributed by atoms with van der Waals surface area (Å²) in [7, 11) is 6.15. The number of nitro groups is 1. The fourth-order valence-corrected chi connectivity index (χ4v) is 9.68. The van der Waals surface area contributed by atoms with Crippen LogP contribution >= 0.6 is 23.4 Å². The first-order valence-corrected chi connectivity index (χ1v) is 22.5. The van der Waals surface area contributed by atoms with Crippen LogP contribution in [0.5, 0.6) is 0 Å². The summed E-state index contributed by atoms with van der Waals surface area (Å²) in [6.07, 6.45) is 6.46. The first kappa shape index (κ1) is 42.3. The van der Waals surface area contributed by atoms with Crippen molar-refractivity contribution in [2.45, 2.75) is 42.0 Å². The van der Waals surface area contributed by atoms with Crippen molar-refractivity contribution < 1.29 is 9.48 Å². The van der Waals surface area contributed by atoms with E-state index < -0.39 is 16.3 Å². The summed E-state index contributed by atoms with van der Waals surface area (Å²) in [5, 5.41) is 16.4. The fourth-order valence-electron chi connectivity index (χ4n) is 7.63. The number of anilines is 2. The Morgan fingerprint density at radius 3 is 2.32 bits per heavy atom. The molecule has 1 aliphatic heterocycles. The predicted octanol–water partition coefficient (Wildman–Crippen LogP) is 9.75. The van der Waals surface area contributed by atoms with Crippen molar-refractivity contribution in [1.82, 2.24) is 19.1 Å². The molecule has 2 N–H and O–H groups in total. The maximum absolute atomic E-state index is 13.5. The Morgan fingerprint density at radius 2 is 1.63 bits per heavy atom. The van der Waals surface area contributed by atoms with Crippen molar-refractivity contribution in [2.75, 3.05) is 62.8 Å². The van der Waals surface area contributed by atoms with E-state index in [9.17, 15) is 14.7 Å². The van der Waals surface area contributed by atoms with Gasteiger partial charge in [0, 0.05) is 77.6 Å².